The Bertz CT molecular complexity index is 507. The molecule has 1 unspecified atom stereocenters. The van der Waals surface area contributed by atoms with Gasteiger partial charge in [0, 0.05) is 0 Å². The zero-order chi connectivity index (χ0) is 13.1. The Labute approximate surface area is 110 Å². The second-order valence-corrected chi connectivity index (χ2v) is 5.28. The van der Waals surface area contributed by atoms with Crippen LogP contribution in [-0.4, -0.2) is 19.7 Å². The lowest BCUT2D eigenvalue weighted by Crippen LogP contribution is -2.18. The van der Waals surface area contributed by atoms with Gasteiger partial charge in [0.25, 0.3) is 5.89 Å². The van der Waals surface area contributed by atoms with Gasteiger partial charge in [0.2, 0.25) is 0 Å². The Morgan fingerprint density at radius 2 is 2.17 bits per heavy atom. The molecule has 98 valence electrons. The van der Waals surface area contributed by atoms with Crippen LogP contribution in [0.5, 0.6) is 0 Å². The summed E-state index contributed by atoms with van der Waals surface area (Å²) in [6, 6.07) is -0.210. The molecule has 1 atom stereocenters. The Morgan fingerprint density at radius 1 is 1.39 bits per heavy atom. The fourth-order valence-electron chi connectivity index (χ4n) is 1.53. The number of aryl methyl sites for hydroxylation is 1. The molecule has 0 fully saturated rings. The first-order valence-electron chi connectivity index (χ1n) is 6.04. The van der Waals surface area contributed by atoms with Gasteiger partial charge in [-0.3, -0.25) is 0 Å². The highest BCUT2D eigenvalue weighted by Gasteiger charge is 2.21. The topological polar surface area (TPSA) is 90.7 Å². The van der Waals surface area contributed by atoms with Crippen LogP contribution in [0, 0.1) is 5.92 Å². The van der Waals surface area contributed by atoms with Gasteiger partial charge in [0.1, 0.15) is 4.88 Å². The third kappa shape index (κ3) is 2.56. The van der Waals surface area contributed by atoms with Crippen LogP contribution in [-0.2, 0) is 6.42 Å². The van der Waals surface area contributed by atoms with Crippen LogP contribution < -0.4 is 5.73 Å². The summed E-state index contributed by atoms with van der Waals surface area (Å²) >= 11 is 1.28. The second kappa shape index (κ2) is 5.53. The van der Waals surface area contributed by atoms with Crippen LogP contribution in [0.25, 0.3) is 10.8 Å². The van der Waals surface area contributed by atoms with Crippen LogP contribution in [0.2, 0.25) is 0 Å². The van der Waals surface area contributed by atoms with E-state index < -0.39 is 0 Å². The normalized spacial score (nSPS) is 13.2. The number of rotatable bonds is 5. The maximum atomic E-state index is 5.99. The predicted octanol–water partition coefficient (Wildman–Crippen LogP) is 2.20. The van der Waals surface area contributed by atoms with E-state index in [0.29, 0.717) is 11.7 Å². The molecular formula is C11H17N5OS. The maximum Gasteiger partial charge on any atom is 0.271 e. The van der Waals surface area contributed by atoms with Gasteiger partial charge in [-0.25, -0.2) is 0 Å². The summed E-state index contributed by atoms with van der Waals surface area (Å²) in [5.41, 5.74) is 6.90. The van der Waals surface area contributed by atoms with Crippen molar-refractivity contribution in [1.82, 2.24) is 19.7 Å². The SMILES string of the molecule is CCCc1nnsc1-c1nc(C(N)C(C)C)no1. The van der Waals surface area contributed by atoms with E-state index in [2.05, 4.69) is 26.7 Å². The molecule has 0 saturated carbocycles. The fourth-order valence-corrected chi connectivity index (χ4v) is 2.16. The molecule has 2 aromatic heterocycles. The van der Waals surface area contributed by atoms with Crippen LogP contribution >= 0.6 is 11.5 Å². The van der Waals surface area contributed by atoms with Crippen molar-refractivity contribution in [2.24, 2.45) is 11.7 Å². The van der Waals surface area contributed by atoms with E-state index in [9.17, 15) is 0 Å². The molecule has 0 aliphatic heterocycles. The number of nitrogens with zero attached hydrogens (tertiary/aromatic N) is 4. The van der Waals surface area contributed by atoms with Gasteiger partial charge in [-0.1, -0.05) is 36.8 Å². The summed E-state index contributed by atoms with van der Waals surface area (Å²) in [7, 11) is 0. The Hall–Kier alpha value is -1.34. The van der Waals surface area contributed by atoms with Gasteiger partial charge >= 0.3 is 0 Å². The van der Waals surface area contributed by atoms with E-state index in [1.807, 2.05) is 13.8 Å². The molecule has 18 heavy (non-hydrogen) atoms. The minimum Gasteiger partial charge on any atom is -0.333 e. The Balaban J connectivity index is 2.26. The average molecular weight is 267 g/mol. The quantitative estimate of drug-likeness (QED) is 0.893. The van der Waals surface area contributed by atoms with Gasteiger partial charge in [0.15, 0.2) is 5.82 Å². The highest BCUT2D eigenvalue weighted by molar-refractivity contribution is 7.09. The highest BCUT2D eigenvalue weighted by atomic mass is 32.1. The number of nitrogens with two attached hydrogens (primary N) is 1. The lowest BCUT2D eigenvalue weighted by atomic mass is 10.1. The van der Waals surface area contributed by atoms with Crippen molar-refractivity contribution in [2.45, 2.75) is 39.7 Å². The van der Waals surface area contributed by atoms with E-state index in [4.69, 9.17) is 10.3 Å². The lowest BCUT2D eigenvalue weighted by Gasteiger charge is -2.09. The molecule has 0 aromatic carbocycles. The number of hydrogen-bond donors (Lipinski definition) is 1. The molecule has 2 heterocycles. The van der Waals surface area contributed by atoms with Gasteiger partial charge in [-0.2, -0.15) is 4.98 Å². The summed E-state index contributed by atoms with van der Waals surface area (Å²) in [4.78, 5) is 5.20. The van der Waals surface area contributed by atoms with Crippen molar-refractivity contribution in [3.8, 4) is 10.8 Å². The molecule has 0 saturated heterocycles. The van der Waals surface area contributed by atoms with Crippen molar-refractivity contribution in [3.63, 3.8) is 0 Å². The van der Waals surface area contributed by atoms with Crippen molar-refractivity contribution in [1.29, 1.82) is 0 Å². The molecule has 2 aromatic rings. The summed E-state index contributed by atoms with van der Waals surface area (Å²) in [6.45, 7) is 6.14. The molecule has 6 nitrogen and oxygen atoms in total. The van der Waals surface area contributed by atoms with Crippen LogP contribution in [0.3, 0.4) is 0 Å². The first kappa shape index (κ1) is 13.1. The van der Waals surface area contributed by atoms with Crippen LogP contribution in [0.4, 0.5) is 0 Å². The first-order chi connectivity index (χ1) is 8.63. The third-order valence-electron chi connectivity index (χ3n) is 2.69. The predicted molar refractivity (Wildman–Crippen MR) is 69.0 cm³/mol. The zero-order valence-corrected chi connectivity index (χ0v) is 11.6. The summed E-state index contributed by atoms with van der Waals surface area (Å²) in [5.74, 6) is 1.28. The highest BCUT2D eigenvalue weighted by Crippen LogP contribution is 2.27. The molecule has 0 bridgehead atoms. The van der Waals surface area contributed by atoms with Crippen molar-refractivity contribution in [3.05, 3.63) is 11.5 Å². The second-order valence-electron chi connectivity index (χ2n) is 4.53. The minimum atomic E-state index is -0.210. The zero-order valence-electron chi connectivity index (χ0n) is 10.8. The monoisotopic (exact) mass is 267 g/mol. The largest absolute Gasteiger partial charge is 0.333 e. The molecule has 0 amide bonds. The lowest BCUT2D eigenvalue weighted by molar-refractivity contribution is 0.400. The molecular weight excluding hydrogens is 250 g/mol. The molecule has 2 N–H and O–H groups in total. The molecule has 7 heteroatoms. The smallest absolute Gasteiger partial charge is 0.271 e. The van der Waals surface area contributed by atoms with Crippen LogP contribution in [0.1, 0.15) is 44.8 Å². The molecule has 0 radical (unpaired) electrons. The van der Waals surface area contributed by atoms with Crippen molar-refractivity contribution in [2.75, 3.05) is 0 Å². The maximum absolute atomic E-state index is 5.99. The molecule has 0 aliphatic rings. The van der Waals surface area contributed by atoms with Crippen molar-refractivity contribution < 1.29 is 4.52 Å². The van der Waals surface area contributed by atoms with E-state index in [1.165, 1.54) is 11.5 Å². The minimum absolute atomic E-state index is 0.210. The van der Waals surface area contributed by atoms with E-state index in [1.54, 1.807) is 0 Å². The number of hydrogen-bond acceptors (Lipinski definition) is 7. The summed E-state index contributed by atoms with van der Waals surface area (Å²) in [6.07, 6.45) is 1.87. The molecule has 0 spiro atoms. The Kier molecular flexibility index (Phi) is 4.03. The summed E-state index contributed by atoms with van der Waals surface area (Å²) < 4.78 is 9.20. The van der Waals surface area contributed by atoms with E-state index >= 15 is 0 Å². The molecule has 2 rings (SSSR count). The van der Waals surface area contributed by atoms with Gasteiger partial charge in [-0.05, 0) is 23.9 Å². The van der Waals surface area contributed by atoms with E-state index in [-0.39, 0.29) is 12.0 Å². The molecule has 0 aliphatic carbocycles. The average Bonchev–Trinajstić information content (AvgIpc) is 2.96. The first-order valence-corrected chi connectivity index (χ1v) is 6.81. The Morgan fingerprint density at radius 3 is 2.83 bits per heavy atom. The van der Waals surface area contributed by atoms with Gasteiger partial charge in [0.05, 0.1) is 11.7 Å². The standard InChI is InChI=1S/C11H17N5OS/c1-4-5-7-9(18-16-14-7)11-13-10(15-17-11)8(12)6(2)3/h6,8H,4-5,12H2,1-3H3. The van der Waals surface area contributed by atoms with E-state index in [0.717, 1.165) is 23.4 Å². The van der Waals surface area contributed by atoms with Crippen molar-refractivity contribution >= 4 is 11.5 Å². The van der Waals surface area contributed by atoms with Gasteiger partial charge in [-0.15, -0.1) is 5.10 Å². The van der Waals surface area contributed by atoms with Crippen LogP contribution in [0.15, 0.2) is 4.52 Å². The number of aromatic nitrogens is 4. The summed E-state index contributed by atoms with van der Waals surface area (Å²) in [5, 5.41) is 8.02. The fraction of sp³-hybridized carbons (Fsp3) is 0.636. The third-order valence-corrected chi connectivity index (χ3v) is 3.45. The van der Waals surface area contributed by atoms with Gasteiger partial charge < -0.3 is 10.3 Å².